The van der Waals surface area contributed by atoms with Crippen LogP contribution in [0.25, 0.3) is 0 Å². The smallest absolute Gasteiger partial charge is 0.265 e. The third-order valence-electron chi connectivity index (χ3n) is 4.44. The monoisotopic (exact) mass is 388 g/mol. The number of hydrogen-bond donors (Lipinski definition) is 0. The molecule has 0 aliphatic carbocycles. The minimum atomic E-state index is -0.130. The van der Waals surface area contributed by atoms with E-state index in [9.17, 15) is 9.59 Å². The molecule has 0 aromatic heterocycles. The van der Waals surface area contributed by atoms with Gasteiger partial charge in [-0.3, -0.25) is 9.59 Å². The number of fused-ring (bicyclic) bond motifs is 2. The van der Waals surface area contributed by atoms with Crippen molar-refractivity contribution < 1.29 is 14.3 Å². The van der Waals surface area contributed by atoms with Gasteiger partial charge in [-0.1, -0.05) is 23.7 Å². The van der Waals surface area contributed by atoms with Gasteiger partial charge in [-0.25, -0.2) is 0 Å². The van der Waals surface area contributed by atoms with Crippen molar-refractivity contribution in [1.29, 1.82) is 0 Å². The molecule has 4 rings (SSSR count). The lowest BCUT2D eigenvalue weighted by atomic mass is 10.2. The molecular formula is C19H17ClN2O3S. The fourth-order valence-corrected chi connectivity index (χ4v) is 4.33. The number of rotatable bonds is 3. The lowest BCUT2D eigenvalue weighted by molar-refractivity contribution is -0.121. The summed E-state index contributed by atoms with van der Waals surface area (Å²) in [4.78, 5) is 29.5. The van der Waals surface area contributed by atoms with E-state index in [1.54, 1.807) is 21.6 Å². The third kappa shape index (κ3) is 3.27. The molecule has 0 atom stereocenters. The van der Waals surface area contributed by atoms with Crippen LogP contribution in [-0.2, 0) is 9.59 Å². The van der Waals surface area contributed by atoms with Crippen molar-refractivity contribution in [1.82, 2.24) is 0 Å². The van der Waals surface area contributed by atoms with Gasteiger partial charge in [-0.2, -0.15) is 0 Å². The fraction of sp³-hybridized carbons (Fsp3) is 0.263. The van der Waals surface area contributed by atoms with Crippen molar-refractivity contribution in [3.8, 4) is 5.75 Å². The molecule has 2 aromatic carbocycles. The van der Waals surface area contributed by atoms with Crippen LogP contribution in [0.1, 0.15) is 6.42 Å². The highest BCUT2D eigenvalue weighted by atomic mass is 35.5. The highest BCUT2D eigenvalue weighted by Crippen LogP contribution is 2.37. The molecule has 0 bridgehead atoms. The molecule has 0 spiro atoms. The molecule has 0 unspecified atom stereocenters. The predicted octanol–water partition coefficient (Wildman–Crippen LogP) is 3.59. The van der Waals surface area contributed by atoms with E-state index < -0.39 is 0 Å². The fourth-order valence-electron chi connectivity index (χ4n) is 3.19. The minimum Gasteiger partial charge on any atom is -0.482 e. The number of hydrogen-bond acceptors (Lipinski definition) is 4. The highest BCUT2D eigenvalue weighted by molar-refractivity contribution is 7.99. The third-order valence-corrected chi connectivity index (χ3v) is 5.72. The number of anilines is 2. The first-order chi connectivity index (χ1) is 12.6. The van der Waals surface area contributed by atoms with Gasteiger partial charge in [-0.05, 0) is 30.3 Å². The summed E-state index contributed by atoms with van der Waals surface area (Å²) < 4.78 is 5.44. The number of benzene rings is 2. The Balaban J connectivity index is 1.50. The molecule has 134 valence electrons. The summed E-state index contributed by atoms with van der Waals surface area (Å²) in [5.41, 5.74) is 1.57. The quantitative estimate of drug-likeness (QED) is 0.806. The topological polar surface area (TPSA) is 49.9 Å². The van der Waals surface area contributed by atoms with Crippen molar-refractivity contribution in [2.45, 2.75) is 11.3 Å². The maximum atomic E-state index is 12.8. The lowest BCUT2D eigenvalue weighted by Gasteiger charge is -2.32. The molecular weight excluding hydrogens is 372 g/mol. The number of thioether (sulfide) groups is 1. The van der Waals surface area contributed by atoms with Crippen LogP contribution < -0.4 is 14.5 Å². The molecule has 5 nitrogen and oxygen atoms in total. The number of ether oxygens (including phenoxy) is 1. The van der Waals surface area contributed by atoms with Gasteiger partial charge in [0.2, 0.25) is 5.91 Å². The first kappa shape index (κ1) is 17.2. The van der Waals surface area contributed by atoms with Crippen molar-refractivity contribution in [2.75, 3.05) is 35.2 Å². The summed E-state index contributed by atoms with van der Waals surface area (Å²) in [6.07, 6.45) is 0.247. The highest BCUT2D eigenvalue weighted by Gasteiger charge is 2.28. The van der Waals surface area contributed by atoms with E-state index in [0.717, 1.165) is 16.3 Å². The molecule has 0 saturated heterocycles. The van der Waals surface area contributed by atoms with Gasteiger partial charge in [0.25, 0.3) is 5.91 Å². The molecule has 7 heteroatoms. The van der Waals surface area contributed by atoms with Crippen LogP contribution in [0.3, 0.4) is 0 Å². The van der Waals surface area contributed by atoms with Gasteiger partial charge in [0.05, 0.1) is 11.4 Å². The average Bonchev–Trinajstić information content (AvgIpc) is 2.66. The Bertz CT molecular complexity index is 874. The van der Waals surface area contributed by atoms with E-state index in [4.69, 9.17) is 16.3 Å². The molecule has 2 aromatic rings. The Morgan fingerprint density at radius 2 is 2.04 bits per heavy atom. The Morgan fingerprint density at radius 1 is 1.19 bits per heavy atom. The van der Waals surface area contributed by atoms with Crippen molar-refractivity contribution in [3.63, 3.8) is 0 Å². The number of para-hydroxylation sites is 2. The van der Waals surface area contributed by atoms with E-state index >= 15 is 0 Å². The molecule has 0 N–H and O–H groups in total. The number of halogens is 1. The second-order valence-electron chi connectivity index (χ2n) is 6.06. The van der Waals surface area contributed by atoms with Gasteiger partial charge in [-0.15, -0.1) is 11.8 Å². The Morgan fingerprint density at radius 3 is 2.92 bits per heavy atom. The zero-order valence-electron chi connectivity index (χ0n) is 14.0. The summed E-state index contributed by atoms with van der Waals surface area (Å²) >= 11 is 7.83. The summed E-state index contributed by atoms with van der Waals surface area (Å²) in [6, 6.07) is 13.0. The summed E-state index contributed by atoms with van der Waals surface area (Å²) in [7, 11) is 0. The Labute approximate surface area is 160 Å². The van der Waals surface area contributed by atoms with Crippen LogP contribution in [0.5, 0.6) is 5.75 Å². The van der Waals surface area contributed by atoms with Crippen LogP contribution >= 0.6 is 23.4 Å². The van der Waals surface area contributed by atoms with Crippen LogP contribution in [0.15, 0.2) is 47.4 Å². The Hall–Kier alpha value is -2.18. The number of carbonyl (C=O) groups is 2. The standard InChI is InChI=1S/C19H17ClN2O3S/c20-13-5-6-17-15(11-13)22(9-10-26-17)18(23)7-8-21-14-3-1-2-4-16(14)25-12-19(21)24/h1-6,11H,7-10,12H2. The van der Waals surface area contributed by atoms with Gasteiger partial charge in [0.15, 0.2) is 6.61 Å². The maximum absolute atomic E-state index is 12.8. The van der Waals surface area contributed by atoms with Crippen LogP contribution in [-0.4, -0.2) is 37.3 Å². The molecule has 2 amide bonds. The number of amides is 2. The molecule has 26 heavy (non-hydrogen) atoms. The van der Waals surface area contributed by atoms with Crippen molar-refractivity contribution in [2.24, 2.45) is 0 Å². The number of carbonyl (C=O) groups excluding carboxylic acids is 2. The van der Waals surface area contributed by atoms with Crippen molar-refractivity contribution in [3.05, 3.63) is 47.5 Å². The lowest BCUT2D eigenvalue weighted by Crippen LogP contribution is -2.42. The van der Waals surface area contributed by atoms with E-state index in [0.29, 0.717) is 29.5 Å². The first-order valence-corrected chi connectivity index (χ1v) is 9.75. The molecule has 2 aliphatic heterocycles. The summed E-state index contributed by atoms with van der Waals surface area (Å²) in [6.45, 7) is 0.978. The zero-order chi connectivity index (χ0) is 18.1. The van der Waals surface area contributed by atoms with E-state index in [2.05, 4.69) is 0 Å². The normalized spacial score (nSPS) is 16.0. The van der Waals surface area contributed by atoms with Crippen LogP contribution in [0, 0.1) is 0 Å². The van der Waals surface area contributed by atoms with Crippen molar-refractivity contribution >= 4 is 46.6 Å². The van der Waals surface area contributed by atoms with Gasteiger partial charge in [0.1, 0.15) is 5.75 Å². The van der Waals surface area contributed by atoms with Crippen LogP contribution in [0.2, 0.25) is 5.02 Å². The van der Waals surface area contributed by atoms with Gasteiger partial charge in [0, 0.05) is 35.2 Å². The molecule has 0 saturated carbocycles. The summed E-state index contributed by atoms with van der Waals surface area (Å²) in [5.74, 6) is 1.38. The van der Waals surface area contributed by atoms with E-state index in [-0.39, 0.29) is 24.8 Å². The minimum absolute atomic E-state index is 0.00397. The van der Waals surface area contributed by atoms with Gasteiger partial charge >= 0.3 is 0 Å². The summed E-state index contributed by atoms with van der Waals surface area (Å²) in [5, 5.41) is 0.612. The van der Waals surface area contributed by atoms with Crippen LogP contribution in [0.4, 0.5) is 11.4 Å². The first-order valence-electron chi connectivity index (χ1n) is 8.38. The SMILES string of the molecule is O=C1COc2ccccc2N1CCC(=O)N1CCSc2ccc(Cl)cc21. The molecule has 0 radical (unpaired) electrons. The molecule has 2 heterocycles. The van der Waals surface area contributed by atoms with E-state index in [1.807, 2.05) is 42.5 Å². The second-order valence-corrected chi connectivity index (χ2v) is 7.63. The zero-order valence-corrected chi connectivity index (χ0v) is 15.6. The number of nitrogens with zero attached hydrogens (tertiary/aromatic N) is 2. The average molecular weight is 389 g/mol. The Kier molecular flexibility index (Phi) is 4.78. The van der Waals surface area contributed by atoms with Gasteiger partial charge < -0.3 is 14.5 Å². The largest absolute Gasteiger partial charge is 0.482 e. The molecule has 0 fully saturated rings. The second kappa shape index (κ2) is 7.21. The predicted molar refractivity (Wildman–Crippen MR) is 103 cm³/mol. The van der Waals surface area contributed by atoms with E-state index in [1.165, 1.54) is 0 Å². The molecule has 2 aliphatic rings. The maximum Gasteiger partial charge on any atom is 0.265 e.